The summed E-state index contributed by atoms with van der Waals surface area (Å²) in [6.07, 6.45) is 4.67. The third-order valence-corrected chi connectivity index (χ3v) is 8.87. The lowest BCUT2D eigenvalue weighted by atomic mass is 9.85. The number of nitrogens with zero attached hydrogens (tertiary/aromatic N) is 2. The van der Waals surface area contributed by atoms with Crippen LogP contribution in [0.4, 0.5) is 4.79 Å². The van der Waals surface area contributed by atoms with Crippen molar-refractivity contribution in [3.05, 3.63) is 34.9 Å². The Hall–Kier alpha value is -3.67. The van der Waals surface area contributed by atoms with Crippen LogP contribution in [-0.4, -0.2) is 82.5 Å². The topological polar surface area (TPSA) is 158 Å². The molecule has 0 aromatic heterocycles. The number of Topliss-reactive ketones (excluding diaryl/α,β-unsaturated/α-hetero) is 1. The highest BCUT2D eigenvalue weighted by Gasteiger charge is 2.55. The number of hydrogen-bond donors (Lipinski definition) is 4. The Morgan fingerprint density at radius 3 is 2.38 bits per heavy atom. The van der Waals surface area contributed by atoms with Crippen molar-refractivity contribution in [3.8, 4) is 0 Å². The molecule has 1 saturated heterocycles. The molecule has 5 amide bonds. The number of nitrogens with one attached hydrogen (secondary N) is 4. The van der Waals surface area contributed by atoms with Crippen LogP contribution in [0.25, 0.3) is 0 Å². The summed E-state index contributed by atoms with van der Waals surface area (Å²) < 4.78 is 0. The molecule has 1 spiro atoms. The first-order valence-corrected chi connectivity index (χ1v) is 16.2. The van der Waals surface area contributed by atoms with Gasteiger partial charge in [-0.15, -0.1) is 0 Å². The molecule has 1 aromatic rings. The van der Waals surface area contributed by atoms with Gasteiger partial charge in [0.2, 0.25) is 17.6 Å². The van der Waals surface area contributed by atoms with Crippen LogP contribution in [0.2, 0.25) is 5.02 Å². The molecule has 12 nitrogen and oxygen atoms in total. The lowest BCUT2D eigenvalue weighted by Gasteiger charge is -2.35. The van der Waals surface area contributed by atoms with Gasteiger partial charge < -0.3 is 31.0 Å². The Kier molecular flexibility index (Phi) is 9.44. The van der Waals surface area contributed by atoms with E-state index in [1.807, 2.05) is 39.8 Å². The van der Waals surface area contributed by atoms with Gasteiger partial charge in [-0.2, -0.15) is 0 Å². The third kappa shape index (κ3) is 7.95. The third-order valence-electron chi connectivity index (χ3n) is 8.63. The number of ketones is 1. The minimum absolute atomic E-state index is 0.00520. The van der Waals surface area contributed by atoms with Crippen molar-refractivity contribution in [2.24, 2.45) is 10.6 Å². The molecule has 3 fully saturated rings. The second-order valence-electron chi connectivity index (χ2n) is 13.8. The van der Waals surface area contributed by atoms with E-state index in [-0.39, 0.29) is 31.5 Å². The maximum Gasteiger partial charge on any atom is 0.315 e. The zero-order chi connectivity index (χ0) is 32.5. The Morgan fingerprint density at radius 2 is 1.76 bits per heavy atom. The first-order valence-electron chi connectivity index (χ1n) is 15.8. The highest BCUT2D eigenvalue weighted by molar-refractivity contribution is 6.38. The number of hydrogen-bond acceptors (Lipinski definition) is 7. The molecular formula is C32H43ClN6O6. The van der Waals surface area contributed by atoms with Crippen molar-refractivity contribution in [1.29, 1.82) is 0 Å². The van der Waals surface area contributed by atoms with Crippen LogP contribution in [0.5, 0.6) is 0 Å². The highest BCUT2D eigenvalue weighted by Crippen LogP contribution is 2.40. The van der Waals surface area contributed by atoms with Crippen molar-refractivity contribution < 1.29 is 28.8 Å². The van der Waals surface area contributed by atoms with Gasteiger partial charge in [0.1, 0.15) is 12.1 Å². The van der Waals surface area contributed by atoms with Crippen molar-refractivity contribution in [3.63, 3.8) is 0 Å². The molecule has 4 N–H and O–H groups in total. The summed E-state index contributed by atoms with van der Waals surface area (Å²) in [5, 5.41) is 16.0. The second kappa shape index (κ2) is 13.0. The molecule has 4 aliphatic rings. The van der Waals surface area contributed by atoms with Crippen LogP contribution in [0, 0.1) is 5.41 Å². The van der Waals surface area contributed by atoms with Gasteiger partial charge >= 0.3 is 6.03 Å². The lowest BCUT2D eigenvalue weighted by Crippen LogP contribution is -2.60. The maximum absolute atomic E-state index is 14.3. The van der Waals surface area contributed by atoms with E-state index < -0.39 is 58.7 Å². The molecule has 244 valence electrons. The molecule has 45 heavy (non-hydrogen) atoms. The molecule has 2 aliphatic heterocycles. The molecule has 1 aromatic carbocycles. The zero-order valence-corrected chi connectivity index (χ0v) is 27.0. The van der Waals surface area contributed by atoms with Crippen molar-refractivity contribution in [1.82, 2.24) is 26.2 Å². The van der Waals surface area contributed by atoms with E-state index >= 15 is 0 Å². The molecule has 0 bridgehead atoms. The van der Waals surface area contributed by atoms with E-state index in [0.29, 0.717) is 23.6 Å². The predicted octanol–water partition coefficient (Wildman–Crippen LogP) is 2.81. The molecule has 4 atom stereocenters. The minimum Gasteiger partial charge on any atom is -0.387 e. The number of amides is 5. The number of carbonyl (C=O) groups excluding carboxylic acids is 5. The van der Waals surface area contributed by atoms with E-state index in [1.165, 1.54) is 4.90 Å². The largest absolute Gasteiger partial charge is 0.387 e. The van der Waals surface area contributed by atoms with E-state index in [2.05, 4.69) is 26.4 Å². The Bertz CT molecular complexity index is 1390. The Morgan fingerprint density at radius 1 is 1.07 bits per heavy atom. The molecule has 5 rings (SSSR count). The minimum atomic E-state index is -1.04. The maximum atomic E-state index is 14.3. The standard InChI is InChI=1S/C32H43ClN6O6/c1-5-7-22(25(40)28(42)34-20-10-11-20)36-27(41)24-16-32(15-23(38-45-32)18-8-6-9-19(33)14-18)17-39(24)29(43)26(31(2,3)4)37-30(44)35-21-12-13-21/h6,8-9,14,20-22,24,26H,5,7,10-13,15-17H2,1-4H3,(H,34,42)(H,36,41)(H2,35,37,44)/t22-,24-,26+,32?/m0/s1. The fourth-order valence-corrected chi connectivity index (χ4v) is 6.01. The number of likely N-dealkylation sites (tertiary alicyclic amines) is 1. The summed E-state index contributed by atoms with van der Waals surface area (Å²) >= 11 is 6.21. The Balaban J connectivity index is 1.39. The fraction of sp³-hybridized carbons (Fsp3) is 0.625. The number of rotatable bonds is 11. The fourth-order valence-electron chi connectivity index (χ4n) is 5.82. The number of urea groups is 1. The van der Waals surface area contributed by atoms with Gasteiger partial charge in [-0.05, 0) is 49.7 Å². The van der Waals surface area contributed by atoms with Crippen molar-refractivity contribution in [2.75, 3.05) is 6.54 Å². The molecule has 13 heteroatoms. The molecule has 2 heterocycles. The number of halogens is 1. The van der Waals surface area contributed by atoms with Crippen molar-refractivity contribution in [2.45, 2.75) is 115 Å². The van der Waals surface area contributed by atoms with E-state index in [4.69, 9.17) is 16.4 Å². The van der Waals surface area contributed by atoms with Gasteiger partial charge in [-0.1, -0.05) is 63.0 Å². The average Bonchev–Trinajstić information content (AvgIpc) is 3.91. The summed E-state index contributed by atoms with van der Waals surface area (Å²) in [7, 11) is 0. The van der Waals surface area contributed by atoms with Gasteiger partial charge in [0.05, 0.1) is 18.3 Å². The van der Waals surface area contributed by atoms with Crippen molar-refractivity contribution >= 4 is 46.8 Å². The first-order chi connectivity index (χ1) is 21.3. The predicted molar refractivity (Wildman–Crippen MR) is 167 cm³/mol. The van der Waals surface area contributed by atoms with E-state index in [1.54, 1.807) is 12.1 Å². The zero-order valence-electron chi connectivity index (χ0n) is 26.3. The molecule has 2 saturated carbocycles. The Labute approximate surface area is 268 Å². The summed E-state index contributed by atoms with van der Waals surface area (Å²) in [4.78, 5) is 74.2. The smallest absolute Gasteiger partial charge is 0.315 e. The number of benzene rings is 1. The monoisotopic (exact) mass is 642 g/mol. The van der Waals surface area contributed by atoms with Crippen LogP contribution in [0.1, 0.15) is 84.6 Å². The SMILES string of the molecule is CCC[C@H](NC(=O)[C@@H]1CC2(CC(c3cccc(Cl)c3)=NO2)CN1C(=O)[C@@H](NC(=O)NC1CC1)C(C)(C)C)C(=O)C(=O)NC1CC1. The summed E-state index contributed by atoms with van der Waals surface area (Å²) in [6.45, 7) is 7.42. The van der Waals surface area contributed by atoms with Gasteiger partial charge in [0, 0.05) is 35.5 Å². The van der Waals surface area contributed by atoms with Crippen LogP contribution < -0.4 is 21.3 Å². The molecule has 0 radical (unpaired) electrons. The number of carbonyl (C=O) groups is 5. The molecule has 1 unspecified atom stereocenters. The summed E-state index contributed by atoms with van der Waals surface area (Å²) in [5.74, 6) is -2.45. The highest BCUT2D eigenvalue weighted by atomic mass is 35.5. The quantitative estimate of drug-likeness (QED) is 0.272. The first kappa shape index (κ1) is 32.7. The van der Waals surface area contributed by atoms with Crippen LogP contribution in [-0.2, 0) is 24.0 Å². The average molecular weight is 643 g/mol. The second-order valence-corrected chi connectivity index (χ2v) is 14.3. The molecule has 2 aliphatic carbocycles. The van der Waals surface area contributed by atoms with Gasteiger partial charge in [-0.3, -0.25) is 19.2 Å². The summed E-state index contributed by atoms with van der Waals surface area (Å²) in [5.41, 5.74) is -0.306. The lowest BCUT2D eigenvalue weighted by molar-refractivity contribution is -0.144. The van der Waals surface area contributed by atoms with Gasteiger partial charge in [0.25, 0.3) is 5.91 Å². The molecular weight excluding hydrogens is 600 g/mol. The normalized spacial score (nSPS) is 23.9. The number of oxime groups is 1. The van der Waals surface area contributed by atoms with Crippen LogP contribution >= 0.6 is 11.6 Å². The van der Waals surface area contributed by atoms with Gasteiger partial charge in [0.15, 0.2) is 5.60 Å². The van der Waals surface area contributed by atoms with Crippen LogP contribution in [0.15, 0.2) is 29.4 Å². The van der Waals surface area contributed by atoms with E-state index in [0.717, 1.165) is 31.2 Å². The van der Waals surface area contributed by atoms with Gasteiger partial charge in [-0.25, -0.2) is 4.79 Å². The van der Waals surface area contributed by atoms with Crippen LogP contribution in [0.3, 0.4) is 0 Å². The summed E-state index contributed by atoms with van der Waals surface area (Å²) in [6, 6.07) is 3.79. The van der Waals surface area contributed by atoms with E-state index in [9.17, 15) is 24.0 Å².